The predicted molar refractivity (Wildman–Crippen MR) is 121 cm³/mol. The smallest absolute Gasteiger partial charge is 0.165 e. The highest BCUT2D eigenvalue weighted by molar-refractivity contribution is 5.90. The van der Waals surface area contributed by atoms with E-state index in [1.807, 2.05) is 62.4 Å². The molecule has 4 aromatic rings. The van der Waals surface area contributed by atoms with Crippen molar-refractivity contribution in [3.8, 4) is 17.5 Å². The molecule has 0 spiro atoms. The van der Waals surface area contributed by atoms with E-state index in [9.17, 15) is 5.26 Å². The van der Waals surface area contributed by atoms with Crippen molar-refractivity contribution in [2.75, 3.05) is 5.32 Å². The van der Waals surface area contributed by atoms with E-state index < -0.39 is 0 Å². The first-order chi connectivity index (χ1) is 15.1. The SMILES string of the molecule is Cc1nc(Nc2ccc(C3(C#N)CCC3)cc2)c2ccc(-c3ncccc3C)nc2n1. The summed E-state index contributed by atoms with van der Waals surface area (Å²) >= 11 is 0. The second-order valence-corrected chi connectivity index (χ2v) is 8.11. The molecular weight excluding hydrogens is 384 g/mol. The van der Waals surface area contributed by atoms with Gasteiger partial charge in [-0.25, -0.2) is 15.0 Å². The average Bonchev–Trinajstić information content (AvgIpc) is 2.74. The van der Waals surface area contributed by atoms with Crippen molar-refractivity contribution in [2.24, 2.45) is 0 Å². The van der Waals surface area contributed by atoms with E-state index >= 15 is 0 Å². The Hall–Kier alpha value is -3.85. The summed E-state index contributed by atoms with van der Waals surface area (Å²) < 4.78 is 0. The standard InChI is InChI=1S/C25H22N6/c1-16-5-3-14-27-22(16)21-11-10-20-23(28-17(2)29-24(20)31-21)30-19-8-6-18(7-9-19)25(15-26)12-4-13-25/h3,5-11,14H,4,12-13H2,1-2H3,(H,28,29,30,31). The second-order valence-electron chi connectivity index (χ2n) is 8.11. The normalized spacial score (nSPS) is 14.6. The Morgan fingerprint density at radius 1 is 0.968 bits per heavy atom. The molecule has 1 saturated carbocycles. The maximum Gasteiger partial charge on any atom is 0.165 e. The van der Waals surface area contributed by atoms with Crippen molar-refractivity contribution < 1.29 is 0 Å². The number of pyridine rings is 2. The molecule has 5 rings (SSSR count). The monoisotopic (exact) mass is 406 g/mol. The Labute approximate surface area is 181 Å². The van der Waals surface area contributed by atoms with Crippen molar-refractivity contribution >= 4 is 22.5 Å². The topological polar surface area (TPSA) is 87.4 Å². The van der Waals surface area contributed by atoms with Crippen LogP contribution in [-0.2, 0) is 5.41 Å². The highest BCUT2D eigenvalue weighted by atomic mass is 15.1. The summed E-state index contributed by atoms with van der Waals surface area (Å²) in [6, 6.07) is 18.5. The molecule has 3 heterocycles. The van der Waals surface area contributed by atoms with E-state index in [0.29, 0.717) is 17.3 Å². The van der Waals surface area contributed by atoms with Crippen LogP contribution < -0.4 is 5.32 Å². The molecule has 0 unspecified atom stereocenters. The number of hydrogen-bond acceptors (Lipinski definition) is 6. The first-order valence-electron chi connectivity index (χ1n) is 10.4. The quantitative estimate of drug-likeness (QED) is 0.489. The third-order valence-electron chi connectivity index (χ3n) is 6.04. The molecule has 3 aromatic heterocycles. The number of benzene rings is 1. The van der Waals surface area contributed by atoms with E-state index in [0.717, 1.165) is 52.9 Å². The minimum Gasteiger partial charge on any atom is -0.340 e. The van der Waals surface area contributed by atoms with Crippen LogP contribution in [0.5, 0.6) is 0 Å². The first kappa shape index (κ1) is 19.1. The summed E-state index contributed by atoms with van der Waals surface area (Å²) in [6.07, 6.45) is 4.77. The number of anilines is 2. The zero-order chi connectivity index (χ0) is 21.4. The minimum absolute atomic E-state index is 0.305. The number of aryl methyl sites for hydroxylation is 2. The molecule has 0 atom stereocenters. The van der Waals surface area contributed by atoms with Crippen LogP contribution in [0.4, 0.5) is 11.5 Å². The molecular formula is C25H22N6. The summed E-state index contributed by atoms with van der Waals surface area (Å²) in [5, 5.41) is 13.8. The Morgan fingerprint density at radius 3 is 2.45 bits per heavy atom. The van der Waals surface area contributed by atoms with Gasteiger partial charge in [-0.1, -0.05) is 18.2 Å². The van der Waals surface area contributed by atoms with Crippen LogP contribution in [0, 0.1) is 25.2 Å². The van der Waals surface area contributed by atoms with E-state index in [1.54, 1.807) is 6.20 Å². The number of rotatable bonds is 4. The molecule has 31 heavy (non-hydrogen) atoms. The van der Waals surface area contributed by atoms with Gasteiger partial charge >= 0.3 is 0 Å². The summed E-state index contributed by atoms with van der Waals surface area (Å²) in [6.45, 7) is 3.89. The number of aromatic nitrogens is 4. The summed E-state index contributed by atoms with van der Waals surface area (Å²) in [5.41, 5.74) is 5.05. The molecule has 0 saturated heterocycles. The zero-order valence-electron chi connectivity index (χ0n) is 17.6. The van der Waals surface area contributed by atoms with Gasteiger partial charge in [-0.15, -0.1) is 0 Å². The fourth-order valence-electron chi connectivity index (χ4n) is 4.10. The molecule has 1 aromatic carbocycles. The Bertz CT molecular complexity index is 1320. The van der Waals surface area contributed by atoms with Crippen LogP contribution >= 0.6 is 0 Å². The molecule has 6 heteroatoms. The van der Waals surface area contributed by atoms with Crippen LogP contribution in [-0.4, -0.2) is 19.9 Å². The number of hydrogen-bond donors (Lipinski definition) is 1. The molecule has 1 fully saturated rings. The maximum absolute atomic E-state index is 9.57. The highest BCUT2D eigenvalue weighted by Crippen LogP contribution is 2.43. The van der Waals surface area contributed by atoms with E-state index in [-0.39, 0.29) is 5.41 Å². The highest BCUT2D eigenvalue weighted by Gasteiger charge is 2.38. The molecule has 1 aliphatic rings. The van der Waals surface area contributed by atoms with Gasteiger partial charge in [-0.05, 0) is 74.6 Å². The van der Waals surface area contributed by atoms with Crippen molar-refractivity contribution in [2.45, 2.75) is 38.5 Å². The summed E-state index contributed by atoms with van der Waals surface area (Å²) in [7, 11) is 0. The minimum atomic E-state index is -0.305. The van der Waals surface area contributed by atoms with E-state index in [4.69, 9.17) is 4.98 Å². The van der Waals surface area contributed by atoms with E-state index in [1.165, 1.54) is 0 Å². The lowest BCUT2D eigenvalue weighted by Gasteiger charge is -2.35. The van der Waals surface area contributed by atoms with E-state index in [2.05, 4.69) is 26.3 Å². The number of nitrogens with one attached hydrogen (secondary N) is 1. The maximum atomic E-state index is 9.57. The van der Waals surface area contributed by atoms with Crippen molar-refractivity contribution in [3.05, 3.63) is 71.7 Å². The van der Waals surface area contributed by atoms with Gasteiger partial charge < -0.3 is 5.32 Å². The molecule has 0 bridgehead atoms. The third-order valence-corrected chi connectivity index (χ3v) is 6.04. The van der Waals surface area contributed by atoms with Gasteiger partial charge in [0.15, 0.2) is 5.65 Å². The molecule has 6 nitrogen and oxygen atoms in total. The van der Waals surface area contributed by atoms with Gasteiger partial charge in [-0.2, -0.15) is 5.26 Å². The lowest BCUT2D eigenvalue weighted by Crippen LogP contribution is -2.32. The van der Waals surface area contributed by atoms with Crippen LogP contribution in [0.15, 0.2) is 54.7 Å². The molecule has 0 aliphatic heterocycles. The van der Waals surface area contributed by atoms with Gasteiger partial charge in [0.05, 0.1) is 28.3 Å². The van der Waals surface area contributed by atoms with Crippen LogP contribution in [0.2, 0.25) is 0 Å². The van der Waals surface area contributed by atoms with Crippen molar-refractivity contribution in [3.63, 3.8) is 0 Å². The van der Waals surface area contributed by atoms with Gasteiger partial charge in [0.2, 0.25) is 0 Å². The Morgan fingerprint density at radius 2 is 1.77 bits per heavy atom. The first-order valence-corrected chi connectivity index (χ1v) is 10.4. The van der Waals surface area contributed by atoms with Gasteiger partial charge in [-0.3, -0.25) is 4.98 Å². The summed E-state index contributed by atoms with van der Waals surface area (Å²) in [4.78, 5) is 18.4. The molecule has 152 valence electrons. The predicted octanol–water partition coefficient (Wildman–Crippen LogP) is 5.39. The largest absolute Gasteiger partial charge is 0.340 e. The summed E-state index contributed by atoms with van der Waals surface area (Å²) in [5.74, 6) is 1.36. The van der Waals surface area contributed by atoms with Crippen molar-refractivity contribution in [1.29, 1.82) is 5.26 Å². The molecule has 0 radical (unpaired) electrons. The number of fused-ring (bicyclic) bond motifs is 1. The van der Waals surface area contributed by atoms with Gasteiger partial charge in [0.25, 0.3) is 0 Å². The van der Waals surface area contributed by atoms with Crippen LogP contribution in [0.25, 0.3) is 22.4 Å². The van der Waals surface area contributed by atoms with Gasteiger partial charge in [0.1, 0.15) is 11.6 Å². The molecule has 0 amide bonds. The Balaban J connectivity index is 1.49. The van der Waals surface area contributed by atoms with Crippen LogP contribution in [0.1, 0.15) is 36.2 Å². The number of nitrogens with zero attached hydrogens (tertiary/aromatic N) is 5. The fraction of sp³-hybridized carbons (Fsp3) is 0.240. The second kappa shape index (κ2) is 7.44. The lowest BCUT2D eigenvalue weighted by atomic mass is 9.65. The molecule has 1 aliphatic carbocycles. The zero-order valence-corrected chi connectivity index (χ0v) is 17.6. The van der Waals surface area contributed by atoms with Gasteiger partial charge in [0, 0.05) is 11.9 Å². The van der Waals surface area contributed by atoms with Crippen molar-refractivity contribution in [1.82, 2.24) is 19.9 Å². The Kier molecular flexibility index (Phi) is 4.59. The third kappa shape index (κ3) is 3.38. The fourth-order valence-corrected chi connectivity index (χ4v) is 4.10. The molecule has 1 N–H and O–H groups in total. The lowest BCUT2D eigenvalue weighted by molar-refractivity contribution is 0.324. The van der Waals surface area contributed by atoms with Crippen LogP contribution in [0.3, 0.4) is 0 Å². The number of nitriles is 1. The average molecular weight is 406 g/mol.